The lowest BCUT2D eigenvalue weighted by molar-refractivity contribution is 0.143. The standard InChI is InChI=1S/C19H28FNO/c1-19(16-5-7-17(20)8-6-16)10-18(11-19)21-12-14-3-2-4-15(9-14)13-22/h5-8,14-15,18,21-22H,2-4,9-13H2,1H3/t14-,15+,18?,19?/m0/s1. The number of aliphatic hydroxyl groups is 1. The summed E-state index contributed by atoms with van der Waals surface area (Å²) in [6.45, 7) is 3.71. The minimum Gasteiger partial charge on any atom is -0.396 e. The summed E-state index contributed by atoms with van der Waals surface area (Å²) in [5.41, 5.74) is 1.45. The highest BCUT2D eigenvalue weighted by Crippen LogP contribution is 2.43. The van der Waals surface area contributed by atoms with Crippen LogP contribution in [0.4, 0.5) is 4.39 Å². The van der Waals surface area contributed by atoms with Crippen LogP contribution in [-0.4, -0.2) is 24.3 Å². The molecule has 122 valence electrons. The molecule has 2 aliphatic carbocycles. The van der Waals surface area contributed by atoms with Gasteiger partial charge in [0.2, 0.25) is 0 Å². The molecule has 2 fully saturated rings. The summed E-state index contributed by atoms with van der Waals surface area (Å²) in [5.74, 6) is 1.09. The van der Waals surface area contributed by atoms with E-state index in [2.05, 4.69) is 12.2 Å². The lowest BCUT2D eigenvalue weighted by Crippen LogP contribution is -2.51. The zero-order chi connectivity index (χ0) is 15.6. The lowest BCUT2D eigenvalue weighted by atomic mass is 9.63. The Bertz CT molecular complexity index is 481. The van der Waals surface area contributed by atoms with Crippen molar-refractivity contribution in [1.82, 2.24) is 5.32 Å². The van der Waals surface area contributed by atoms with Gasteiger partial charge in [-0.2, -0.15) is 0 Å². The predicted octanol–water partition coefficient (Wildman–Crippen LogP) is 3.63. The summed E-state index contributed by atoms with van der Waals surface area (Å²) in [4.78, 5) is 0. The van der Waals surface area contributed by atoms with E-state index in [1.165, 1.54) is 31.2 Å². The van der Waals surface area contributed by atoms with E-state index in [1.54, 1.807) is 12.1 Å². The van der Waals surface area contributed by atoms with Gasteiger partial charge in [0.15, 0.2) is 0 Å². The molecule has 0 heterocycles. The number of hydrogen-bond donors (Lipinski definition) is 2. The maximum Gasteiger partial charge on any atom is 0.123 e. The molecule has 2 nitrogen and oxygen atoms in total. The molecule has 2 saturated carbocycles. The van der Waals surface area contributed by atoms with Crippen LogP contribution in [0.15, 0.2) is 24.3 Å². The number of halogens is 1. The van der Waals surface area contributed by atoms with Crippen molar-refractivity contribution in [3.63, 3.8) is 0 Å². The molecule has 0 bridgehead atoms. The maximum absolute atomic E-state index is 13.0. The number of rotatable bonds is 5. The molecule has 0 unspecified atom stereocenters. The first-order valence-electron chi connectivity index (χ1n) is 8.69. The molecule has 22 heavy (non-hydrogen) atoms. The molecule has 2 N–H and O–H groups in total. The monoisotopic (exact) mass is 305 g/mol. The largest absolute Gasteiger partial charge is 0.396 e. The minimum atomic E-state index is -0.155. The fourth-order valence-corrected chi connectivity index (χ4v) is 4.35. The molecule has 0 aliphatic heterocycles. The van der Waals surface area contributed by atoms with Crippen LogP contribution in [-0.2, 0) is 5.41 Å². The van der Waals surface area contributed by atoms with Crippen LogP contribution < -0.4 is 5.32 Å². The number of benzene rings is 1. The van der Waals surface area contributed by atoms with Crippen molar-refractivity contribution in [2.24, 2.45) is 11.8 Å². The number of hydrogen-bond acceptors (Lipinski definition) is 2. The van der Waals surface area contributed by atoms with Crippen LogP contribution >= 0.6 is 0 Å². The Kier molecular flexibility index (Phi) is 4.84. The van der Waals surface area contributed by atoms with Crippen LogP contribution in [0.2, 0.25) is 0 Å². The van der Waals surface area contributed by atoms with Crippen molar-refractivity contribution in [2.75, 3.05) is 13.2 Å². The molecule has 0 saturated heterocycles. The SMILES string of the molecule is CC1(c2ccc(F)cc2)CC(NC[C@H]2CCC[C@@H](CO)C2)C1. The van der Waals surface area contributed by atoms with E-state index in [0.717, 1.165) is 25.3 Å². The third-order valence-electron chi connectivity index (χ3n) is 5.78. The molecule has 1 aromatic rings. The van der Waals surface area contributed by atoms with E-state index in [0.29, 0.717) is 18.6 Å². The summed E-state index contributed by atoms with van der Waals surface area (Å²) in [7, 11) is 0. The summed E-state index contributed by atoms with van der Waals surface area (Å²) in [6, 6.07) is 7.58. The van der Waals surface area contributed by atoms with Crippen molar-refractivity contribution in [1.29, 1.82) is 0 Å². The van der Waals surface area contributed by atoms with E-state index in [1.807, 2.05) is 12.1 Å². The van der Waals surface area contributed by atoms with Crippen molar-refractivity contribution >= 4 is 0 Å². The molecule has 2 aliphatic rings. The molecular weight excluding hydrogens is 277 g/mol. The third-order valence-corrected chi connectivity index (χ3v) is 5.78. The first-order valence-corrected chi connectivity index (χ1v) is 8.69. The van der Waals surface area contributed by atoms with Gasteiger partial charge in [-0.1, -0.05) is 25.5 Å². The smallest absolute Gasteiger partial charge is 0.123 e. The van der Waals surface area contributed by atoms with Crippen molar-refractivity contribution < 1.29 is 9.50 Å². The second-order valence-corrected chi connectivity index (χ2v) is 7.66. The molecule has 0 aromatic heterocycles. The normalized spacial score (nSPS) is 35.1. The van der Waals surface area contributed by atoms with Gasteiger partial charge in [-0.25, -0.2) is 4.39 Å². The Labute approximate surface area is 133 Å². The molecule has 3 heteroatoms. The van der Waals surface area contributed by atoms with Gasteiger partial charge < -0.3 is 10.4 Å². The van der Waals surface area contributed by atoms with Gasteiger partial charge in [-0.05, 0) is 73.6 Å². The van der Waals surface area contributed by atoms with Crippen LogP contribution in [0.1, 0.15) is 51.0 Å². The van der Waals surface area contributed by atoms with Gasteiger partial charge in [0.25, 0.3) is 0 Å². The van der Waals surface area contributed by atoms with Crippen LogP contribution in [0.5, 0.6) is 0 Å². The molecule has 1 aromatic carbocycles. The van der Waals surface area contributed by atoms with Gasteiger partial charge in [0.1, 0.15) is 5.82 Å². The fraction of sp³-hybridized carbons (Fsp3) is 0.684. The van der Waals surface area contributed by atoms with Crippen LogP contribution in [0.3, 0.4) is 0 Å². The summed E-state index contributed by atoms with van der Waals surface area (Å²) in [6.07, 6.45) is 7.19. The summed E-state index contributed by atoms with van der Waals surface area (Å²) in [5, 5.41) is 13.0. The average Bonchev–Trinajstić information content (AvgIpc) is 2.51. The first kappa shape index (κ1) is 15.9. The van der Waals surface area contributed by atoms with Crippen molar-refractivity contribution in [2.45, 2.75) is 56.9 Å². The van der Waals surface area contributed by atoms with Crippen molar-refractivity contribution in [3.05, 3.63) is 35.6 Å². The van der Waals surface area contributed by atoms with Gasteiger partial charge in [-0.15, -0.1) is 0 Å². The topological polar surface area (TPSA) is 32.3 Å². The Morgan fingerprint density at radius 1 is 1.18 bits per heavy atom. The van der Waals surface area contributed by atoms with E-state index in [9.17, 15) is 9.50 Å². The Hall–Kier alpha value is -0.930. The second kappa shape index (κ2) is 6.67. The maximum atomic E-state index is 13.0. The average molecular weight is 305 g/mol. The van der Waals surface area contributed by atoms with Crippen LogP contribution in [0, 0.1) is 17.7 Å². The molecule has 3 rings (SSSR count). The van der Waals surface area contributed by atoms with E-state index in [-0.39, 0.29) is 11.2 Å². The second-order valence-electron chi connectivity index (χ2n) is 7.66. The molecule has 0 amide bonds. The highest BCUT2D eigenvalue weighted by Gasteiger charge is 2.41. The fourth-order valence-electron chi connectivity index (χ4n) is 4.35. The molecule has 2 atom stereocenters. The first-order chi connectivity index (χ1) is 10.6. The third kappa shape index (κ3) is 3.52. The van der Waals surface area contributed by atoms with E-state index < -0.39 is 0 Å². The molecule has 0 radical (unpaired) electrons. The molecular formula is C19H28FNO. The zero-order valence-corrected chi connectivity index (χ0v) is 13.5. The summed E-state index contributed by atoms with van der Waals surface area (Å²) >= 11 is 0. The minimum absolute atomic E-state index is 0.155. The van der Waals surface area contributed by atoms with Gasteiger partial charge in [0, 0.05) is 12.6 Å². The number of aliphatic hydroxyl groups excluding tert-OH is 1. The quantitative estimate of drug-likeness (QED) is 0.870. The van der Waals surface area contributed by atoms with Crippen LogP contribution in [0.25, 0.3) is 0 Å². The number of nitrogens with one attached hydrogen (secondary N) is 1. The Morgan fingerprint density at radius 2 is 1.86 bits per heavy atom. The van der Waals surface area contributed by atoms with Crippen molar-refractivity contribution in [3.8, 4) is 0 Å². The molecule has 0 spiro atoms. The van der Waals surface area contributed by atoms with E-state index >= 15 is 0 Å². The van der Waals surface area contributed by atoms with Gasteiger partial charge in [-0.3, -0.25) is 0 Å². The highest BCUT2D eigenvalue weighted by molar-refractivity contribution is 5.29. The van der Waals surface area contributed by atoms with Gasteiger partial charge in [0.05, 0.1) is 0 Å². The highest BCUT2D eigenvalue weighted by atomic mass is 19.1. The lowest BCUT2D eigenvalue weighted by Gasteiger charge is -2.47. The van der Waals surface area contributed by atoms with Gasteiger partial charge >= 0.3 is 0 Å². The predicted molar refractivity (Wildman–Crippen MR) is 87.3 cm³/mol. The summed E-state index contributed by atoms with van der Waals surface area (Å²) < 4.78 is 13.0. The zero-order valence-electron chi connectivity index (χ0n) is 13.5. The Morgan fingerprint density at radius 3 is 2.55 bits per heavy atom. The Balaban J connectivity index is 1.44. The van der Waals surface area contributed by atoms with E-state index in [4.69, 9.17) is 0 Å².